The first-order chi connectivity index (χ1) is 8.14. The van der Waals surface area contributed by atoms with Gasteiger partial charge < -0.3 is 24.9 Å². The Labute approximate surface area is 108 Å². The summed E-state index contributed by atoms with van der Waals surface area (Å²) in [5, 5.41) is 2.17. The molecule has 10 heteroatoms. The third-order valence-electron chi connectivity index (χ3n) is 2.02. The van der Waals surface area contributed by atoms with Crippen molar-refractivity contribution in [3.8, 4) is 0 Å². The van der Waals surface area contributed by atoms with Gasteiger partial charge in [-0.25, -0.2) is 0 Å². The second-order valence-electron chi connectivity index (χ2n) is 3.42. The average molecular weight is 313 g/mol. The van der Waals surface area contributed by atoms with Gasteiger partial charge in [0.2, 0.25) is 5.52 Å². The van der Waals surface area contributed by atoms with Crippen LogP contribution >= 0.6 is 27.0 Å². The fraction of sp³-hybridized carbons (Fsp3) is 0.250. The lowest BCUT2D eigenvalue weighted by Gasteiger charge is -2.21. The Kier molecular flexibility index (Phi) is 5.03. The molecule has 0 amide bonds. The van der Waals surface area contributed by atoms with E-state index in [1.54, 1.807) is 12.1 Å². The van der Waals surface area contributed by atoms with E-state index < -0.39 is 20.7 Å². The Balaban J connectivity index is 2.97. The largest absolute Gasteiger partial charge is 0.362 e. The normalized spacial score (nSPS) is 12.8. The van der Waals surface area contributed by atoms with E-state index >= 15 is 0 Å². The second kappa shape index (κ2) is 5.75. The number of hydrogen-bond acceptors (Lipinski definition) is 4. The molecule has 7 nitrogen and oxygen atoms in total. The second-order valence-corrected chi connectivity index (χ2v) is 8.10. The van der Waals surface area contributed by atoms with Crippen LogP contribution in [0.5, 0.6) is 0 Å². The molecule has 1 aromatic carbocycles. The summed E-state index contributed by atoms with van der Waals surface area (Å²) in [7, 11) is -9.92. The molecule has 0 aliphatic heterocycles. The molecule has 5 N–H and O–H groups in total. The van der Waals surface area contributed by atoms with E-state index in [-0.39, 0.29) is 5.69 Å². The van der Waals surface area contributed by atoms with Crippen LogP contribution in [0.4, 0.5) is 5.69 Å². The molecule has 0 fully saturated rings. The summed E-state index contributed by atoms with van der Waals surface area (Å²) < 4.78 is 22.1. The topological polar surface area (TPSA) is 127 Å². The van der Waals surface area contributed by atoms with Gasteiger partial charge in [-0.3, -0.25) is 9.13 Å². The first-order valence-corrected chi connectivity index (χ1v) is 9.24. The molecule has 1 rings (SSSR count). The molecule has 18 heavy (non-hydrogen) atoms. The van der Waals surface area contributed by atoms with Crippen LogP contribution in [0, 0.1) is 0 Å². The van der Waals surface area contributed by atoms with E-state index in [1.165, 1.54) is 23.9 Å². The van der Waals surface area contributed by atoms with Crippen molar-refractivity contribution >= 4 is 32.6 Å². The predicted octanol–water partition coefficient (Wildman–Crippen LogP) is 1.46. The summed E-state index contributed by atoms with van der Waals surface area (Å²) >= 11 is 1.47. The molecule has 0 heterocycles. The van der Waals surface area contributed by atoms with Crippen LogP contribution in [0.15, 0.2) is 29.2 Å². The van der Waals surface area contributed by atoms with Crippen molar-refractivity contribution in [1.82, 2.24) is 0 Å². The molecule has 0 aromatic heterocycles. The van der Waals surface area contributed by atoms with E-state index in [0.717, 1.165) is 4.90 Å². The van der Waals surface area contributed by atoms with E-state index in [9.17, 15) is 9.13 Å². The monoisotopic (exact) mass is 313 g/mol. The zero-order chi connectivity index (χ0) is 14.0. The lowest BCUT2D eigenvalue weighted by Crippen LogP contribution is -2.19. The van der Waals surface area contributed by atoms with Crippen LogP contribution in [0.1, 0.15) is 0 Å². The van der Waals surface area contributed by atoms with Gasteiger partial charge in [-0.15, -0.1) is 11.8 Å². The highest BCUT2D eigenvalue weighted by atomic mass is 32.2. The molecule has 0 spiro atoms. The molecule has 0 saturated carbocycles. The molecule has 0 bridgehead atoms. The maximum Gasteiger partial charge on any atom is 0.360 e. The van der Waals surface area contributed by atoms with Gasteiger partial charge in [0.1, 0.15) is 0 Å². The molecule has 0 atom stereocenters. The Morgan fingerprint density at radius 1 is 1.06 bits per heavy atom. The molecule has 0 radical (unpaired) electrons. The highest BCUT2D eigenvalue weighted by Crippen LogP contribution is 2.59. The van der Waals surface area contributed by atoms with Crippen molar-refractivity contribution in [3.63, 3.8) is 0 Å². The molecule has 1 aromatic rings. The van der Waals surface area contributed by atoms with Crippen molar-refractivity contribution in [1.29, 1.82) is 0 Å². The molecule has 0 aliphatic carbocycles. The number of hydrogen-bond donors (Lipinski definition) is 5. The quantitative estimate of drug-likeness (QED) is 0.408. The summed E-state index contributed by atoms with van der Waals surface area (Å²) in [5.74, 6) is 0. The molecule has 0 saturated heterocycles. The van der Waals surface area contributed by atoms with Gasteiger partial charge >= 0.3 is 15.2 Å². The van der Waals surface area contributed by atoms with Gasteiger partial charge in [-0.2, -0.15) is 0 Å². The molecule has 102 valence electrons. The zero-order valence-electron chi connectivity index (χ0n) is 9.29. The molecule has 0 unspecified atom stereocenters. The summed E-state index contributed by atoms with van der Waals surface area (Å²) in [5.41, 5.74) is -2.01. The summed E-state index contributed by atoms with van der Waals surface area (Å²) in [6, 6.07) is 6.32. The van der Waals surface area contributed by atoms with Gasteiger partial charge in [-0.1, -0.05) is 0 Å². The SMILES string of the molecule is CSc1ccc(NC(P(=O)(O)O)P(=O)(O)O)cc1. The minimum atomic E-state index is -4.96. The fourth-order valence-electron chi connectivity index (χ4n) is 1.20. The van der Waals surface area contributed by atoms with Gasteiger partial charge in [-0.05, 0) is 30.5 Å². The number of thioether (sulfide) groups is 1. The van der Waals surface area contributed by atoms with E-state index in [4.69, 9.17) is 19.6 Å². The number of benzene rings is 1. The van der Waals surface area contributed by atoms with Gasteiger partial charge in [0, 0.05) is 10.6 Å². The Hall–Kier alpha value is -0.330. The lowest BCUT2D eigenvalue weighted by atomic mass is 10.3. The Morgan fingerprint density at radius 2 is 1.50 bits per heavy atom. The zero-order valence-corrected chi connectivity index (χ0v) is 11.9. The highest BCUT2D eigenvalue weighted by molar-refractivity contribution is 7.98. The first kappa shape index (κ1) is 15.7. The summed E-state index contributed by atoms with van der Waals surface area (Å²) in [6.45, 7) is 0. The lowest BCUT2D eigenvalue weighted by molar-refractivity contribution is 0.343. The standard InChI is InChI=1S/C8H13NO6P2S/c1-18-7-4-2-6(3-5-7)9-8(16(10,11)12)17(13,14)15/h2-5,8-9H,1H3,(H2,10,11,12)(H2,13,14,15). The summed E-state index contributed by atoms with van der Waals surface area (Å²) in [6.07, 6.45) is 1.86. The van der Waals surface area contributed by atoms with Crippen LogP contribution in [-0.4, -0.2) is 31.4 Å². The van der Waals surface area contributed by atoms with Crippen molar-refractivity contribution in [3.05, 3.63) is 24.3 Å². The average Bonchev–Trinajstić information content (AvgIpc) is 2.23. The van der Waals surface area contributed by atoms with Gasteiger partial charge in [0.25, 0.3) is 0 Å². The van der Waals surface area contributed by atoms with E-state index in [0.29, 0.717) is 0 Å². The molecule has 0 aliphatic rings. The third kappa shape index (κ3) is 4.40. The fourth-order valence-corrected chi connectivity index (χ4v) is 3.81. The van der Waals surface area contributed by atoms with Crippen LogP contribution in [-0.2, 0) is 9.13 Å². The van der Waals surface area contributed by atoms with Crippen molar-refractivity contribution in [2.45, 2.75) is 10.4 Å². The van der Waals surface area contributed by atoms with Gasteiger partial charge in [0.05, 0.1) is 0 Å². The third-order valence-corrected chi connectivity index (χ3v) is 6.10. The van der Waals surface area contributed by atoms with Crippen molar-refractivity contribution in [2.24, 2.45) is 0 Å². The first-order valence-electron chi connectivity index (χ1n) is 4.65. The molecular formula is C8H13NO6P2S. The smallest absolute Gasteiger partial charge is 0.360 e. The van der Waals surface area contributed by atoms with Crippen LogP contribution < -0.4 is 5.32 Å². The predicted molar refractivity (Wildman–Crippen MR) is 69.7 cm³/mol. The maximum atomic E-state index is 11.0. The number of rotatable bonds is 5. The van der Waals surface area contributed by atoms with E-state index in [1.807, 2.05) is 6.26 Å². The van der Waals surface area contributed by atoms with Crippen molar-refractivity contribution < 1.29 is 28.7 Å². The Morgan fingerprint density at radius 3 is 1.83 bits per heavy atom. The Bertz CT molecular complexity index is 473. The van der Waals surface area contributed by atoms with Crippen LogP contribution in [0.25, 0.3) is 0 Å². The minimum absolute atomic E-state index is 0.226. The number of anilines is 1. The number of nitrogens with one attached hydrogen (secondary N) is 1. The minimum Gasteiger partial charge on any atom is -0.362 e. The van der Waals surface area contributed by atoms with Crippen LogP contribution in [0.3, 0.4) is 0 Å². The molecular weight excluding hydrogens is 300 g/mol. The van der Waals surface area contributed by atoms with Gasteiger partial charge in [0.15, 0.2) is 0 Å². The van der Waals surface area contributed by atoms with Crippen LogP contribution in [0.2, 0.25) is 0 Å². The van der Waals surface area contributed by atoms with Crippen molar-refractivity contribution in [2.75, 3.05) is 11.6 Å². The summed E-state index contributed by atoms with van der Waals surface area (Å²) in [4.78, 5) is 36.6. The van der Waals surface area contributed by atoms with E-state index in [2.05, 4.69) is 5.32 Å². The highest BCUT2D eigenvalue weighted by Gasteiger charge is 2.43. The maximum absolute atomic E-state index is 11.0.